The molecule has 1 aromatic heterocycles. The minimum Gasteiger partial charge on any atom is -0.337 e. The molecule has 1 aromatic carbocycles. The third-order valence-electron chi connectivity index (χ3n) is 2.77. The van der Waals surface area contributed by atoms with Gasteiger partial charge in [0.1, 0.15) is 5.82 Å². The number of imidazole rings is 1. The topological polar surface area (TPSA) is 29.9 Å². The minimum absolute atomic E-state index is 0.229. The molecule has 2 rings (SSSR count). The van der Waals surface area contributed by atoms with E-state index in [0.29, 0.717) is 0 Å². The van der Waals surface area contributed by atoms with Crippen LogP contribution in [0.4, 0.5) is 4.39 Å². The molecule has 0 aliphatic carbocycles. The summed E-state index contributed by atoms with van der Waals surface area (Å²) >= 11 is 0. The van der Waals surface area contributed by atoms with Gasteiger partial charge in [0.05, 0.1) is 12.0 Å². The second-order valence-electron chi connectivity index (χ2n) is 4.01. The predicted octanol–water partition coefficient (Wildman–Crippen LogP) is 1.99. The highest BCUT2D eigenvalue weighted by molar-refractivity contribution is 5.62. The fourth-order valence-corrected chi connectivity index (χ4v) is 1.87. The van der Waals surface area contributed by atoms with E-state index in [0.717, 1.165) is 29.9 Å². The van der Waals surface area contributed by atoms with E-state index >= 15 is 0 Å². The lowest BCUT2D eigenvalue weighted by Crippen LogP contribution is -2.12. The third kappa shape index (κ3) is 2.53. The average molecular weight is 233 g/mol. The molecule has 0 amide bonds. The number of aromatic nitrogens is 2. The molecule has 0 saturated carbocycles. The lowest BCUT2D eigenvalue weighted by atomic mass is 10.1. The van der Waals surface area contributed by atoms with Crippen molar-refractivity contribution in [3.8, 4) is 11.3 Å². The highest BCUT2D eigenvalue weighted by Gasteiger charge is 2.10. The van der Waals surface area contributed by atoms with Gasteiger partial charge in [-0.1, -0.05) is 12.1 Å². The Morgan fingerprint density at radius 3 is 2.94 bits per heavy atom. The maximum atomic E-state index is 13.2. The van der Waals surface area contributed by atoms with Crippen molar-refractivity contribution < 1.29 is 4.39 Å². The van der Waals surface area contributed by atoms with E-state index < -0.39 is 0 Å². The van der Waals surface area contributed by atoms with Gasteiger partial charge >= 0.3 is 0 Å². The summed E-state index contributed by atoms with van der Waals surface area (Å²) in [4.78, 5) is 4.35. The molecule has 4 heteroatoms. The summed E-state index contributed by atoms with van der Waals surface area (Å²) in [5.74, 6) is -0.229. The molecule has 2 aromatic rings. The Morgan fingerprint density at radius 1 is 1.41 bits per heavy atom. The molecule has 0 atom stereocenters. The Morgan fingerprint density at radius 2 is 2.24 bits per heavy atom. The Kier molecular flexibility index (Phi) is 3.54. The van der Waals surface area contributed by atoms with E-state index in [1.807, 2.05) is 24.7 Å². The van der Waals surface area contributed by atoms with Gasteiger partial charge in [-0.05, 0) is 19.2 Å². The molecule has 0 saturated heterocycles. The van der Waals surface area contributed by atoms with Gasteiger partial charge in [-0.25, -0.2) is 9.37 Å². The molecule has 1 heterocycles. The average Bonchev–Trinajstić information content (AvgIpc) is 2.68. The number of nitrogens with one attached hydrogen (secondary N) is 1. The monoisotopic (exact) mass is 233 g/mol. The summed E-state index contributed by atoms with van der Waals surface area (Å²) in [5, 5.41) is 3.11. The summed E-state index contributed by atoms with van der Waals surface area (Å²) in [7, 11) is 3.87. The number of aryl methyl sites for hydroxylation is 1. The molecular formula is C13H16FN3. The summed E-state index contributed by atoms with van der Waals surface area (Å²) in [5.41, 5.74) is 2.81. The molecular weight excluding hydrogens is 217 g/mol. The molecule has 0 unspecified atom stereocenters. The van der Waals surface area contributed by atoms with Crippen LogP contribution in [0.1, 0.15) is 5.69 Å². The maximum absolute atomic E-state index is 13.2. The van der Waals surface area contributed by atoms with Crippen LogP contribution in [0.25, 0.3) is 11.3 Å². The molecule has 0 radical (unpaired) electrons. The first-order valence-corrected chi connectivity index (χ1v) is 5.63. The highest BCUT2D eigenvalue weighted by atomic mass is 19.1. The lowest BCUT2D eigenvalue weighted by molar-refractivity contribution is 0.628. The summed E-state index contributed by atoms with van der Waals surface area (Å²) in [6.45, 7) is 0.877. The van der Waals surface area contributed by atoms with Gasteiger partial charge in [0.2, 0.25) is 0 Å². The van der Waals surface area contributed by atoms with Gasteiger partial charge in [0.25, 0.3) is 0 Å². The molecule has 1 N–H and O–H groups in total. The van der Waals surface area contributed by atoms with E-state index in [2.05, 4.69) is 10.3 Å². The van der Waals surface area contributed by atoms with Crippen LogP contribution in [-0.4, -0.2) is 23.1 Å². The Hall–Kier alpha value is -1.68. The van der Waals surface area contributed by atoms with Crippen LogP contribution < -0.4 is 5.32 Å². The van der Waals surface area contributed by atoms with Crippen molar-refractivity contribution in [2.24, 2.45) is 7.05 Å². The van der Waals surface area contributed by atoms with Crippen molar-refractivity contribution in [1.29, 1.82) is 0 Å². The molecule has 90 valence electrons. The summed E-state index contributed by atoms with van der Waals surface area (Å²) < 4.78 is 15.2. The number of hydrogen-bond acceptors (Lipinski definition) is 2. The van der Waals surface area contributed by atoms with Crippen molar-refractivity contribution in [2.75, 3.05) is 13.6 Å². The molecule has 0 spiro atoms. The van der Waals surface area contributed by atoms with E-state index in [1.54, 1.807) is 12.4 Å². The molecule has 0 aliphatic rings. The zero-order chi connectivity index (χ0) is 12.3. The third-order valence-corrected chi connectivity index (χ3v) is 2.77. The number of likely N-dealkylation sites (N-methyl/N-ethyl adjacent to an activating group) is 1. The van der Waals surface area contributed by atoms with Gasteiger partial charge < -0.3 is 9.88 Å². The van der Waals surface area contributed by atoms with Gasteiger partial charge in [0.15, 0.2) is 0 Å². The van der Waals surface area contributed by atoms with Crippen LogP contribution >= 0.6 is 0 Å². The van der Waals surface area contributed by atoms with Crippen LogP contribution in [-0.2, 0) is 13.5 Å². The van der Waals surface area contributed by atoms with Gasteiger partial charge in [-0.2, -0.15) is 0 Å². The zero-order valence-corrected chi connectivity index (χ0v) is 10.1. The van der Waals surface area contributed by atoms with E-state index in [4.69, 9.17) is 0 Å². The lowest BCUT2D eigenvalue weighted by Gasteiger charge is -2.06. The van der Waals surface area contributed by atoms with Crippen LogP contribution in [0, 0.1) is 5.82 Å². The van der Waals surface area contributed by atoms with Gasteiger partial charge in [-0.15, -0.1) is 0 Å². The molecule has 0 bridgehead atoms. The van der Waals surface area contributed by atoms with E-state index in [-0.39, 0.29) is 5.82 Å². The fourth-order valence-electron chi connectivity index (χ4n) is 1.87. The molecule has 0 aliphatic heterocycles. The van der Waals surface area contributed by atoms with Crippen molar-refractivity contribution in [1.82, 2.24) is 14.9 Å². The maximum Gasteiger partial charge on any atom is 0.123 e. The van der Waals surface area contributed by atoms with Crippen LogP contribution in [0.2, 0.25) is 0 Å². The van der Waals surface area contributed by atoms with E-state index in [1.165, 1.54) is 12.1 Å². The highest BCUT2D eigenvalue weighted by Crippen LogP contribution is 2.22. The normalized spacial score (nSPS) is 10.8. The van der Waals surface area contributed by atoms with Crippen molar-refractivity contribution in [2.45, 2.75) is 6.42 Å². The van der Waals surface area contributed by atoms with Crippen molar-refractivity contribution >= 4 is 0 Å². The number of rotatable bonds is 4. The quantitative estimate of drug-likeness (QED) is 0.875. The molecule has 17 heavy (non-hydrogen) atoms. The molecule has 0 fully saturated rings. The van der Waals surface area contributed by atoms with Gasteiger partial charge in [0, 0.05) is 31.3 Å². The van der Waals surface area contributed by atoms with Gasteiger partial charge in [-0.3, -0.25) is 0 Å². The first-order chi connectivity index (χ1) is 8.22. The number of halogens is 1. The standard InChI is InChI=1S/C13H16FN3/c1-15-7-6-12-13(16-9-17(12)2)10-4-3-5-11(14)8-10/h3-5,8-9,15H,6-7H2,1-2H3. The predicted molar refractivity (Wildman–Crippen MR) is 66.2 cm³/mol. The smallest absolute Gasteiger partial charge is 0.123 e. The number of nitrogens with zero attached hydrogens (tertiary/aromatic N) is 2. The van der Waals surface area contributed by atoms with Crippen LogP contribution in [0.15, 0.2) is 30.6 Å². The SMILES string of the molecule is CNCCc1c(-c2cccc(F)c2)ncn1C. The Balaban J connectivity index is 2.38. The fraction of sp³-hybridized carbons (Fsp3) is 0.308. The second kappa shape index (κ2) is 5.10. The summed E-state index contributed by atoms with van der Waals surface area (Å²) in [6, 6.07) is 6.56. The zero-order valence-electron chi connectivity index (χ0n) is 10.1. The minimum atomic E-state index is -0.229. The van der Waals surface area contributed by atoms with Crippen molar-refractivity contribution in [3.05, 3.63) is 42.1 Å². The number of benzene rings is 1. The Labute approximate surface area is 100 Å². The Bertz CT molecular complexity index is 505. The van der Waals surface area contributed by atoms with Crippen LogP contribution in [0.3, 0.4) is 0 Å². The van der Waals surface area contributed by atoms with E-state index in [9.17, 15) is 4.39 Å². The first-order valence-electron chi connectivity index (χ1n) is 5.63. The second-order valence-corrected chi connectivity index (χ2v) is 4.01. The largest absolute Gasteiger partial charge is 0.337 e. The van der Waals surface area contributed by atoms with Crippen molar-refractivity contribution in [3.63, 3.8) is 0 Å². The first kappa shape index (κ1) is 11.8. The number of hydrogen-bond donors (Lipinski definition) is 1. The summed E-state index contributed by atoms with van der Waals surface area (Å²) in [6.07, 6.45) is 2.64. The molecule has 3 nitrogen and oxygen atoms in total. The van der Waals surface area contributed by atoms with Crippen LogP contribution in [0.5, 0.6) is 0 Å².